The third kappa shape index (κ3) is 8.79. The number of hydrogen-bond donors (Lipinski definition) is 1. The second-order valence-electron chi connectivity index (χ2n) is 15.3. The summed E-state index contributed by atoms with van der Waals surface area (Å²) >= 11 is 3.18. The molecule has 12 nitrogen and oxygen atoms in total. The summed E-state index contributed by atoms with van der Waals surface area (Å²) in [5, 5.41) is 9.74. The summed E-state index contributed by atoms with van der Waals surface area (Å²) in [7, 11) is -11.2. The molecule has 0 aliphatic rings. The van der Waals surface area contributed by atoms with E-state index in [-0.39, 0.29) is 15.4 Å². The highest BCUT2D eigenvalue weighted by atomic mass is 32.2. The van der Waals surface area contributed by atoms with Crippen LogP contribution in [0.15, 0.2) is 158 Å². The third-order valence-corrected chi connectivity index (χ3v) is 18.6. The Balaban J connectivity index is 0.000000188. The van der Waals surface area contributed by atoms with Crippen LogP contribution in [0.3, 0.4) is 0 Å². The summed E-state index contributed by atoms with van der Waals surface area (Å²) in [5.41, 5.74) is 8.95. The minimum Gasteiger partial charge on any atom is -0.345 e. The van der Waals surface area contributed by atoms with Gasteiger partial charge in [0.05, 0.1) is 14.7 Å². The molecule has 0 saturated carbocycles. The fourth-order valence-electron chi connectivity index (χ4n) is 8.03. The van der Waals surface area contributed by atoms with Gasteiger partial charge in [-0.05, 0) is 122 Å². The van der Waals surface area contributed by atoms with E-state index in [9.17, 15) is 25.3 Å². The lowest BCUT2D eigenvalue weighted by atomic mass is 10.00. The van der Waals surface area contributed by atoms with Crippen LogP contribution in [-0.4, -0.2) is 79.0 Å². The molecular weight excluding hydrogens is 929 g/mol. The van der Waals surface area contributed by atoms with Crippen LogP contribution < -0.4 is 0 Å². The number of nitrogens with one attached hydrogen (secondary N) is 1. The molecule has 0 amide bonds. The van der Waals surface area contributed by atoms with Crippen molar-refractivity contribution in [1.29, 1.82) is 0 Å². The summed E-state index contributed by atoms with van der Waals surface area (Å²) in [5.74, 6) is 0. The largest absolute Gasteiger partial charge is 0.345 e. The first-order chi connectivity index (χ1) is 31.7. The quantitative estimate of drug-likeness (QED) is 0.113. The van der Waals surface area contributed by atoms with Crippen molar-refractivity contribution in [1.82, 2.24) is 27.5 Å². The van der Waals surface area contributed by atoms with Crippen molar-refractivity contribution in [2.24, 2.45) is 0 Å². The van der Waals surface area contributed by atoms with Crippen LogP contribution in [0, 0.1) is 6.92 Å². The summed E-state index contributed by atoms with van der Waals surface area (Å²) in [4.78, 5) is 12.8. The average Bonchev–Trinajstić information content (AvgIpc) is 4.18. The first-order valence-corrected chi connectivity index (χ1v) is 27.5. The Hall–Kier alpha value is -5.79. The molecule has 66 heavy (non-hydrogen) atoms. The minimum absolute atomic E-state index is 0.146. The number of sulfonamides is 2. The predicted molar refractivity (Wildman–Crippen MR) is 267 cm³/mol. The molecule has 0 atom stereocenters. The molecule has 0 aliphatic carbocycles. The van der Waals surface area contributed by atoms with Crippen LogP contribution in [0.5, 0.6) is 0 Å². The van der Waals surface area contributed by atoms with E-state index in [0.717, 1.165) is 50.0 Å². The predicted octanol–water partition coefficient (Wildman–Crippen LogP) is 11.0. The van der Waals surface area contributed by atoms with Crippen LogP contribution in [0.2, 0.25) is 0 Å². The normalized spacial score (nSPS) is 12.3. The number of H-pyrrole nitrogens is 1. The molecule has 0 bridgehead atoms. The number of nitrogens with zero attached hydrogens (tertiary/aromatic N) is 5. The second kappa shape index (κ2) is 19.2. The van der Waals surface area contributed by atoms with Gasteiger partial charge in [-0.3, -0.25) is 0 Å². The molecule has 1 N–H and O–H groups in total. The number of hydrogen-bond acceptors (Lipinski definition) is 10. The molecule has 6 aromatic heterocycles. The summed E-state index contributed by atoms with van der Waals surface area (Å²) < 4.78 is 84.2. The molecule has 0 saturated heterocycles. The maximum absolute atomic E-state index is 13.8. The van der Waals surface area contributed by atoms with Gasteiger partial charge in [-0.15, -0.1) is 0 Å². The Morgan fingerprint density at radius 1 is 0.561 bits per heavy atom. The maximum atomic E-state index is 13.8. The maximum Gasteiger partial charge on any atom is 0.269 e. The van der Waals surface area contributed by atoms with Crippen molar-refractivity contribution in [3.63, 3.8) is 0 Å². The molecule has 0 fully saturated rings. The fourth-order valence-corrected chi connectivity index (χ4v) is 13.7. The van der Waals surface area contributed by atoms with E-state index in [4.69, 9.17) is 0 Å². The van der Waals surface area contributed by atoms with E-state index < -0.39 is 30.1 Å². The molecule has 17 heteroatoms. The number of pyridine rings is 2. The summed E-state index contributed by atoms with van der Waals surface area (Å²) in [6.07, 6.45) is 6.83. The zero-order valence-electron chi connectivity index (χ0n) is 36.9. The Labute approximate surface area is 394 Å². The summed E-state index contributed by atoms with van der Waals surface area (Å²) in [6.45, 7) is 10.8. The average molecular weight is 977 g/mol. The highest BCUT2D eigenvalue weighted by molar-refractivity contribution is 7.90. The van der Waals surface area contributed by atoms with Gasteiger partial charge >= 0.3 is 0 Å². The Bertz CT molecular complexity index is 3490. The number of aromatic amines is 1. The number of rotatable bonds is 14. The van der Waals surface area contributed by atoms with Crippen molar-refractivity contribution in [2.75, 3.05) is 26.2 Å². The Kier molecular flexibility index (Phi) is 13.6. The lowest BCUT2D eigenvalue weighted by molar-refractivity contribution is 0.444. The Morgan fingerprint density at radius 3 is 1.59 bits per heavy atom. The molecule has 0 unspecified atom stereocenters. The molecular formula is C49H48N6O6S5. The van der Waals surface area contributed by atoms with Crippen molar-refractivity contribution >= 4 is 74.8 Å². The zero-order chi connectivity index (χ0) is 46.8. The van der Waals surface area contributed by atoms with Gasteiger partial charge in [-0.1, -0.05) is 69.7 Å². The smallest absolute Gasteiger partial charge is 0.269 e. The topological polar surface area (TPSA) is 155 Å². The molecule has 6 heterocycles. The third-order valence-electron chi connectivity index (χ3n) is 11.4. The summed E-state index contributed by atoms with van der Waals surface area (Å²) in [6, 6.07) is 28.4. The van der Waals surface area contributed by atoms with Gasteiger partial charge < -0.3 is 4.98 Å². The first-order valence-electron chi connectivity index (χ1n) is 21.3. The monoisotopic (exact) mass is 976 g/mol. The molecule has 9 aromatic rings. The standard InChI is InChI=1S/C28H27N3O4S3.C21H21N3O2S2/c1-4-30(5-2)37(32,33)24-8-6-7-21(17-24)26-18-31(38(34,35)23-11-9-20(3)10-12-23)28-27(26)25(13-15-29-28)22-14-16-36-19-22;1-3-24(4-2)28(25,26)17-7-5-6-15(12-17)19-13-23-21-20(19)18(8-10-22-21)16-9-11-27-14-16/h6-19H,4-5H2,1-3H3;5-14H,3-4H2,1-2H3,(H,22,23). The lowest BCUT2D eigenvalue weighted by Crippen LogP contribution is -2.30. The highest BCUT2D eigenvalue weighted by Gasteiger charge is 2.27. The number of benzene rings is 3. The van der Waals surface area contributed by atoms with Crippen molar-refractivity contribution < 1.29 is 25.3 Å². The van der Waals surface area contributed by atoms with Gasteiger partial charge in [0.15, 0.2) is 5.65 Å². The van der Waals surface area contributed by atoms with Gasteiger partial charge in [0.25, 0.3) is 10.0 Å². The molecule has 0 radical (unpaired) electrons. The van der Waals surface area contributed by atoms with Gasteiger partial charge in [-0.25, -0.2) is 39.2 Å². The van der Waals surface area contributed by atoms with Crippen LogP contribution in [0.1, 0.15) is 33.3 Å². The zero-order valence-corrected chi connectivity index (χ0v) is 41.0. The highest BCUT2D eigenvalue weighted by Crippen LogP contribution is 2.40. The van der Waals surface area contributed by atoms with E-state index in [1.807, 2.05) is 67.4 Å². The molecule has 340 valence electrons. The van der Waals surface area contributed by atoms with E-state index >= 15 is 0 Å². The molecule has 9 rings (SSSR count). The van der Waals surface area contributed by atoms with E-state index in [1.54, 1.807) is 111 Å². The van der Waals surface area contributed by atoms with Gasteiger partial charge in [-0.2, -0.15) is 31.3 Å². The Morgan fingerprint density at radius 2 is 1.08 bits per heavy atom. The number of fused-ring (bicyclic) bond motifs is 2. The van der Waals surface area contributed by atoms with Gasteiger partial charge in [0.2, 0.25) is 20.0 Å². The molecule has 3 aromatic carbocycles. The van der Waals surface area contributed by atoms with Gasteiger partial charge in [0.1, 0.15) is 5.65 Å². The second-order valence-corrected chi connectivity index (χ2v) is 22.5. The van der Waals surface area contributed by atoms with Crippen LogP contribution in [0.4, 0.5) is 0 Å². The van der Waals surface area contributed by atoms with Crippen LogP contribution in [0.25, 0.3) is 66.6 Å². The van der Waals surface area contributed by atoms with Crippen molar-refractivity contribution in [2.45, 2.75) is 49.3 Å². The SMILES string of the molecule is CCN(CC)S(=O)(=O)c1cccc(-c2c[nH]c3nccc(-c4ccsc4)c23)c1.CCN(CC)S(=O)(=O)c1cccc(-c2cn(S(=O)(=O)c3ccc(C)cc3)c3nccc(-c4ccsc4)c23)c1. The van der Waals surface area contributed by atoms with Crippen molar-refractivity contribution in [3.8, 4) is 44.5 Å². The number of aryl methyl sites for hydroxylation is 1. The van der Waals surface area contributed by atoms with E-state index in [0.29, 0.717) is 47.6 Å². The van der Waals surface area contributed by atoms with E-state index in [1.165, 1.54) is 23.9 Å². The first kappa shape index (κ1) is 46.7. The number of aromatic nitrogens is 4. The van der Waals surface area contributed by atoms with Gasteiger partial charge in [0, 0.05) is 72.9 Å². The fraction of sp³-hybridized carbons (Fsp3) is 0.184. The molecule has 0 aliphatic heterocycles. The van der Waals surface area contributed by atoms with Crippen LogP contribution >= 0.6 is 22.7 Å². The van der Waals surface area contributed by atoms with Crippen molar-refractivity contribution in [3.05, 3.63) is 149 Å². The molecule has 0 spiro atoms. The van der Waals surface area contributed by atoms with Crippen LogP contribution in [-0.2, 0) is 30.1 Å². The van der Waals surface area contributed by atoms with E-state index in [2.05, 4.69) is 26.4 Å². The minimum atomic E-state index is -3.98. The number of thiophene rings is 2. The lowest BCUT2D eigenvalue weighted by Gasteiger charge is -2.18.